The molecule has 0 saturated heterocycles. The van der Waals surface area contributed by atoms with Crippen LogP contribution in [0.25, 0.3) is 0 Å². The molecule has 0 fully saturated rings. The second-order valence-electron chi connectivity index (χ2n) is 4.43. The molecule has 4 N–H and O–H groups in total. The molecule has 1 amide bonds. The number of nitrogen functional groups attached to an aromatic ring is 2. The van der Waals surface area contributed by atoms with Crippen LogP contribution < -0.4 is 11.5 Å². The van der Waals surface area contributed by atoms with Crippen LogP contribution in [0.1, 0.15) is 24.2 Å². The third-order valence-corrected chi connectivity index (χ3v) is 2.29. The lowest BCUT2D eigenvalue weighted by atomic mass is 10.1. The number of rotatable bonds is 3. The second kappa shape index (κ2) is 4.88. The van der Waals surface area contributed by atoms with Gasteiger partial charge in [0.25, 0.3) is 5.91 Å². The van der Waals surface area contributed by atoms with Crippen molar-refractivity contribution in [2.75, 3.05) is 25.1 Å². The van der Waals surface area contributed by atoms with E-state index in [0.29, 0.717) is 29.4 Å². The van der Waals surface area contributed by atoms with Gasteiger partial charge in [-0.3, -0.25) is 4.79 Å². The number of hydrogen-bond donors (Lipinski definition) is 2. The minimum atomic E-state index is -0.0637. The van der Waals surface area contributed by atoms with Gasteiger partial charge in [0, 0.05) is 25.0 Å². The molecule has 1 aromatic carbocycles. The van der Waals surface area contributed by atoms with E-state index in [1.54, 1.807) is 30.1 Å². The summed E-state index contributed by atoms with van der Waals surface area (Å²) in [5, 5.41) is 0. The highest BCUT2D eigenvalue weighted by Gasteiger charge is 2.15. The van der Waals surface area contributed by atoms with Crippen molar-refractivity contribution in [3.63, 3.8) is 0 Å². The van der Waals surface area contributed by atoms with Crippen LogP contribution in [0.15, 0.2) is 18.2 Å². The molecule has 16 heavy (non-hydrogen) atoms. The molecule has 0 aliphatic rings. The van der Waals surface area contributed by atoms with Gasteiger partial charge in [-0.25, -0.2) is 0 Å². The van der Waals surface area contributed by atoms with E-state index in [-0.39, 0.29) is 5.91 Å². The third-order valence-electron chi connectivity index (χ3n) is 2.29. The van der Waals surface area contributed by atoms with Crippen molar-refractivity contribution in [2.24, 2.45) is 5.92 Å². The highest BCUT2D eigenvalue weighted by atomic mass is 16.2. The summed E-state index contributed by atoms with van der Waals surface area (Å²) in [5.74, 6) is 0.371. The van der Waals surface area contributed by atoms with E-state index in [9.17, 15) is 4.79 Å². The minimum Gasteiger partial charge on any atom is -0.399 e. The van der Waals surface area contributed by atoms with E-state index in [0.717, 1.165) is 0 Å². The zero-order chi connectivity index (χ0) is 12.3. The molecule has 0 aromatic heterocycles. The fourth-order valence-corrected chi connectivity index (χ4v) is 1.61. The van der Waals surface area contributed by atoms with Crippen LogP contribution in [0.2, 0.25) is 0 Å². The summed E-state index contributed by atoms with van der Waals surface area (Å²) in [6.45, 7) is 4.84. The summed E-state index contributed by atoms with van der Waals surface area (Å²) >= 11 is 0. The highest BCUT2D eigenvalue weighted by molar-refractivity contribution is 5.99. The zero-order valence-corrected chi connectivity index (χ0v) is 10.0. The van der Waals surface area contributed by atoms with Gasteiger partial charge in [0.05, 0.1) is 5.56 Å². The van der Waals surface area contributed by atoms with Gasteiger partial charge in [-0.15, -0.1) is 0 Å². The molecule has 4 heteroatoms. The number of carbonyl (C=O) groups is 1. The molecule has 0 radical (unpaired) electrons. The van der Waals surface area contributed by atoms with Crippen molar-refractivity contribution in [1.82, 2.24) is 4.90 Å². The molecule has 1 rings (SSSR count). The average molecular weight is 221 g/mol. The van der Waals surface area contributed by atoms with Gasteiger partial charge in [-0.2, -0.15) is 0 Å². The topological polar surface area (TPSA) is 72.3 Å². The molecule has 0 atom stereocenters. The molecule has 0 saturated carbocycles. The Hall–Kier alpha value is -1.71. The number of carbonyl (C=O) groups excluding carboxylic acids is 1. The average Bonchev–Trinajstić information content (AvgIpc) is 2.15. The fraction of sp³-hybridized carbons (Fsp3) is 0.417. The van der Waals surface area contributed by atoms with Gasteiger partial charge in [0.1, 0.15) is 0 Å². The number of hydrogen-bond acceptors (Lipinski definition) is 3. The highest BCUT2D eigenvalue weighted by Crippen LogP contribution is 2.17. The molecular weight excluding hydrogens is 202 g/mol. The van der Waals surface area contributed by atoms with E-state index >= 15 is 0 Å². The van der Waals surface area contributed by atoms with Gasteiger partial charge in [0.15, 0.2) is 0 Å². The lowest BCUT2D eigenvalue weighted by Crippen LogP contribution is -2.30. The molecule has 1 aromatic rings. The number of nitrogens with zero attached hydrogens (tertiary/aromatic N) is 1. The first-order valence-corrected chi connectivity index (χ1v) is 5.32. The molecular formula is C12H19N3O. The minimum absolute atomic E-state index is 0.0637. The molecule has 88 valence electrons. The number of benzene rings is 1. The van der Waals surface area contributed by atoms with Crippen molar-refractivity contribution in [3.8, 4) is 0 Å². The third kappa shape index (κ3) is 2.89. The van der Waals surface area contributed by atoms with E-state index in [2.05, 4.69) is 13.8 Å². The Morgan fingerprint density at radius 2 is 2.00 bits per heavy atom. The van der Waals surface area contributed by atoms with Crippen LogP contribution in [0.4, 0.5) is 11.4 Å². The van der Waals surface area contributed by atoms with E-state index in [4.69, 9.17) is 11.5 Å². The molecule has 0 spiro atoms. The maximum atomic E-state index is 12.0. The lowest BCUT2D eigenvalue weighted by molar-refractivity contribution is 0.0780. The number of nitrogens with two attached hydrogens (primary N) is 2. The predicted molar refractivity (Wildman–Crippen MR) is 67.1 cm³/mol. The standard InChI is InChI=1S/C12H19N3O/c1-8(2)7-15(3)12(16)10-5-4-9(13)6-11(10)14/h4-6,8H,7,13-14H2,1-3H3. The summed E-state index contributed by atoms with van der Waals surface area (Å²) < 4.78 is 0. The molecule has 0 bridgehead atoms. The summed E-state index contributed by atoms with van der Waals surface area (Å²) in [7, 11) is 1.78. The molecule has 0 heterocycles. The lowest BCUT2D eigenvalue weighted by Gasteiger charge is -2.20. The Labute approximate surface area is 96.2 Å². The smallest absolute Gasteiger partial charge is 0.255 e. The van der Waals surface area contributed by atoms with Gasteiger partial charge < -0.3 is 16.4 Å². The van der Waals surface area contributed by atoms with E-state index in [1.165, 1.54) is 0 Å². The van der Waals surface area contributed by atoms with Crippen LogP contribution in [-0.2, 0) is 0 Å². The monoisotopic (exact) mass is 221 g/mol. The first-order valence-electron chi connectivity index (χ1n) is 5.32. The molecule has 0 aliphatic heterocycles. The maximum Gasteiger partial charge on any atom is 0.255 e. The first kappa shape index (κ1) is 12.4. The van der Waals surface area contributed by atoms with Crippen molar-refractivity contribution >= 4 is 17.3 Å². The van der Waals surface area contributed by atoms with E-state index in [1.807, 2.05) is 0 Å². The quantitative estimate of drug-likeness (QED) is 0.761. The van der Waals surface area contributed by atoms with E-state index < -0.39 is 0 Å². The maximum absolute atomic E-state index is 12.0. The Balaban J connectivity index is 2.88. The normalized spacial score (nSPS) is 10.5. The van der Waals surface area contributed by atoms with Gasteiger partial charge in [-0.1, -0.05) is 13.8 Å². The molecule has 0 aliphatic carbocycles. The van der Waals surface area contributed by atoms with Crippen LogP contribution in [0.3, 0.4) is 0 Å². The molecule has 0 unspecified atom stereocenters. The van der Waals surface area contributed by atoms with Crippen LogP contribution in [-0.4, -0.2) is 24.4 Å². The van der Waals surface area contributed by atoms with Crippen molar-refractivity contribution in [1.29, 1.82) is 0 Å². The van der Waals surface area contributed by atoms with Gasteiger partial charge in [-0.05, 0) is 24.1 Å². The number of anilines is 2. The summed E-state index contributed by atoms with van der Waals surface area (Å²) in [4.78, 5) is 13.7. The first-order chi connectivity index (χ1) is 7.41. The van der Waals surface area contributed by atoms with Crippen LogP contribution >= 0.6 is 0 Å². The van der Waals surface area contributed by atoms with Crippen molar-refractivity contribution in [3.05, 3.63) is 23.8 Å². The molecule has 4 nitrogen and oxygen atoms in total. The Morgan fingerprint density at radius 3 is 2.50 bits per heavy atom. The van der Waals surface area contributed by atoms with Crippen molar-refractivity contribution < 1.29 is 4.79 Å². The number of amides is 1. The summed E-state index contributed by atoms with van der Waals surface area (Å²) in [5.41, 5.74) is 12.9. The second-order valence-corrected chi connectivity index (χ2v) is 4.43. The van der Waals surface area contributed by atoms with Crippen LogP contribution in [0, 0.1) is 5.92 Å². The SMILES string of the molecule is CC(C)CN(C)C(=O)c1ccc(N)cc1N. The Kier molecular flexibility index (Phi) is 3.77. The summed E-state index contributed by atoms with van der Waals surface area (Å²) in [6.07, 6.45) is 0. The van der Waals surface area contributed by atoms with Crippen LogP contribution in [0.5, 0.6) is 0 Å². The largest absolute Gasteiger partial charge is 0.399 e. The Bertz CT molecular complexity index is 388. The van der Waals surface area contributed by atoms with Gasteiger partial charge >= 0.3 is 0 Å². The van der Waals surface area contributed by atoms with Gasteiger partial charge in [0.2, 0.25) is 0 Å². The summed E-state index contributed by atoms with van der Waals surface area (Å²) in [6, 6.07) is 4.97. The Morgan fingerprint density at radius 1 is 1.38 bits per heavy atom. The fourth-order valence-electron chi connectivity index (χ4n) is 1.61. The van der Waals surface area contributed by atoms with Crippen molar-refractivity contribution in [2.45, 2.75) is 13.8 Å². The predicted octanol–water partition coefficient (Wildman–Crippen LogP) is 1.58. The zero-order valence-electron chi connectivity index (χ0n) is 10.0.